The second kappa shape index (κ2) is 7.33. The number of rotatable bonds is 5. The molecule has 21 heavy (non-hydrogen) atoms. The van der Waals surface area contributed by atoms with Crippen molar-refractivity contribution in [2.45, 2.75) is 4.90 Å². The van der Waals surface area contributed by atoms with Gasteiger partial charge in [-0.25, -0.2) is 4.39 Å². The highest BCUT2D eigenvalue weighted by Crippen LogP contribution is 2.28. The van der Waals surface area contributed by atoms with Crippen LogP contribution in [-0.4, -0.2) is 18.8 Å². The lowest BCUT2D eigenvalue weighted by atomic mass is 10.3. The van der Waals surface area contributed by atoms with Gasteiger partial charge in [-0.05, 0) is 30.3 Å². The molecule has 0 fully saturated rings. The fourth-order valence-electron chi connectivity index (χ4n) is 1.67. The number of ether oxygens (including phenoxy) is 1. The Hall–Kier alpha value is -1.72. The summed E-state index contributed by atoms with van der Waals surface area (Å²) in [7, 11) is 1.51. The van der Waals surface area contributed by atoms with E-state index in [1.165, 1.54) is 13.2 Å². The molecule has 0 unspecified atom stereocenters. The van der Waals surface area contributed by atoms with Crippen LogP contribution in [0.1, 0.15) is 0 Å². The quantitative estimate of drug-likeness (QED) is 0.836. The first kappa shape index (κ1) is 15.7. The Morgan fingerprint density at radius 3 is 2.81 bits per heavy atom. The van der Waals surface area contributed by atoms with Gasteiger partial charge < -0.3 is 10.1 Å². The molecule has 0 aromatic heterocycles. The lowest BCUT2D eigenvalue weighted by Gasteiger charge is -2.10. The second-order valence-electron chi connectivity index (χ2n) is 4.11. The number of nitrogens with one attached hydrogen (secondary N) is 1. The van der Waals surface area contributed by atoms with Gasteiger partial charge in [0.1, 0.15) is 11.6 Å². The van der Waals surface area contributed by atoms with Gasteiger partial charge in [-0.15, -0.1) is 11.8 Å². The number of thioether (sulfide) groups is 1. The van der Waals surface area contributed by atoms with Crippen molar-refractivity contribution in [2.24, 2.45) is 0 Å². The predicted molar refractivity (Wildman–Crippen MR) is 83.8 cm³/mol. The van der Waals surface area contributed by atoms with Gasteiger partial charge in [0, 0.05) is 9.92 Å². The maximum atomic E-state index is 13.4. The van der Waals surface area contributed by atoms with Crippen molar-refractivity contribution in [3.63, 3.8) is 0 Å². The lowest BCUT2D eigenvalue weighted by molar-refractivity contribution is -0.113. The Labute approximate surface area is 131 Å². The Balaban J connectivity index is 1.99. The molecule has 2 aromatic carbocycles. The van der Waals surface area contributed by atoms with Crippen LogP contribution in [0.2, 0.25) is 5.02 Å². The Kier molecular flexibility index (Phi) is 5.47. The fraction of sp³-hybridized carbons (Fsp3) is 0.133. The zero-order valence-corrected chi connectivity index (χ0v) is 12.8. The minimum absolute atomic E-state index is 0.0939. The third kappa shape index (κ3) is 4.37. The van der Waals surface area contributed by atoms with Crippen LogP contribution in [0.25, 0.3) is 0 Å². The molecule has 0 atom stereocenters. The normalized spacial score (nSPS) is 10.2. The number of hydrogen-bond donors (Lipinski definition) is 1. The van der Waals surface area contributed by atoms with Crippen LogP contribution >= 0.6 is 23.4 Å². The van der Waals surface area contributed by atoms with Crippen LogP contribution in [0.15, 0.2) is 47.4 Å². The van der Waals surface area contributed by atoms with E-state index in [4.69, 9.17) is 16.3 Å². The summed E-state index contributed by atoms with van der Waals surface area (Å²) in [6, 6.07) is 11.3. The van der Waals surface area contributed by atoms with Crippen molar-refractivity contribution < 1.29 is 13.9 Å². The van der Waals surface area contributed by atoms with E-state index in [2.05, 4.69) is 5.32 Å². The maximum absolute atomic E-state index is 13.4. The van der Waals surface area contributed by atoms with Gasteiger partial charge in [0.15, 0.2) is 0 Å². The minimum Gasteiger partial charge on any atom is -0.495 e. The number of anilines is 1. The van der Waals surface area contributed by atoms with Crippen molar-refractivity contribution in [1.82, 2.24) is 0 Å². The van der Waals surface area contributed by atoms with Gasteiger partial charge in [-0.2, -0.15) is 0 Å². The summed E-state index contributed by atoms with van der Waals surface area (Å²) in [6.07, 6.45) is 0. The van der Waals surface area contributed by atoms with E-state index in [0.29, 0.717) is 21.4 Å². The van der Waals surface area contributed by atoms with Crippen LogP contribution < -0.4 is 10.1 Å². The van der Waals surface area contributed by atoms with Crippen molar-refractivity contribution in [3.05, 3.63) is 53.3 Å². The number of benzene rings is 2. The summed E-state index contributed by atoms with van der Waals surface area (Å²) >= 11 is 7.02. The lowest BCUT2D eigenvalue weighted by Crippen LogP contribution is -2.14. The SMILES string of the molecule is COc1ccc(Cl)cc1NC(=O)CSc1ccccc1F. The van der Waals surface area contributed by atoms with Crippen molar-refractivity contribution in [1.29, 1.82) is 0 Å². The molecule has 0 radical (unpaired) electrons. The number of carbonyl (C=O) groups is 1. The van der Waals surface area contributed by atoms with E-state index in [1.807, 2.05) is 0 Å². The fourth-order valence-corrected chi connectivity index (χ4v) is 2.58. The Morgan fingerprint density at radius 2 is 2.10 bits per heavy atom. The van der Waals surface area contributed by atoms with E-state index in [9.17, 15) is 9.18 Å². The first-order valence-corrected chi connectivity index (χ1v) is 7.47. The van der Waals surface area contributed by atoms with Gasteiger partial charge in [0.05, 0.1) is 18.6 Å². The Morgan fingerprint density at radius 1 is 1.33 bits per heavy atom. The van der Waals surface area contributed by atoms with E-state index in [1.54, 1.807) is 36.4 Å². The summed E-state index contributed by atoms with van der Waals surface area (Å²) in [6.45, 7) is 0. The van der Waals surface area contributed by atoms with Gasteiger partial charge in [-0.3, -0.25) is 4.79 Å². The molecule has 110 valence electrons. The summed E-state index contributed by atoms with van der Waals surface area (Å²) in [5.41, 5.74) is 0.490. The third-order valence-electron chi connectivity index (χ3n) is 2.63. The molecular weight excluding hydrogens is 313 g/mol. The van der Waals surface area contributed by atoms with E-state index in [0.717, 1.165) is 11.8 Å². The highest BCUT2D eigenvalue weighted by atomic mass is 35.5. The maximum Gasteiger partial charge on any atom is 0.234 e. The average Bonchev–Trinajstić information content (AvgIpc) is 2.47. The van der Waals surface area contributed by atoms with Crippen LogP contribution in [0.4, 0.5) is 10.1 Å². The molecule has 6 heteroatoms. The van der Waals surface area contributed by atoms with E-state index < -0.39 is 0 Å². The summed E-state index contributed by atoms with van der Waals surface area (Å²) in [5.74, 6) is 0.0134. The average molecular weight is 326 g/mol. The summed E-state index contributed by atoms with van der Waals surface area (Å²) < 4.78 is 18.6. The molecule has 2 rings (SSSR count). The van der Waals surface area contributed by atoms with Crippen LogP contribution in [0.3, 0.4) is 0 Å². The standard InChI is InChI=1S/C15H13ClFNO2S/c1-20-13-7-6-10(16)8-12(13)18-15(19)9-21-14-5-3-2-4-11(14)17/h2-8H,9H2,1H3,(H,18,19). The molecule has 0 bridgehead atoms. The smallest absolute Gasteiger partial charge is 0.234 e. The summed E-state index contributed by atoms with van der Waals surface area (Å²) in [5, 5.41) is 3.19. The van der Waals surface area contributed by atoms with Gasteiger partial charge in [0.25, 0.3) is 0 Å². The van der Waals surface area contributed by atoms with Crippen LogP contribution in [0, 0.1) is 5.82 Å². The monoisotopic (exact) mass is 325 g/mol. The number of amides is 1. The van der Waals surface area contributed by atoms with Crippen LogP contribution in [-0.2, 0) is 4.79 Å². The molecule has 0 aliphatic rings. The molecule has 0 aliphatic carbocycles. The summed E-state index contributed by atoms with van der Waals surface area (Å²) in [4.78, 5) is 12.4. The second-order valence-corrected chi connectivity index (χ2v) is 5.57. The predicted octanol–water partition coefficient (Wildman–Crippen LogP) is 4.22. The first-order valence-electron chi connectivity index (χ1n) is 6.11. The van der Waals surface area contributed by atoms with Crippen molar-refractivity contribution >= 4 is 35.0 Å². The van der Waals surface area contributed by atoms with Crippen molar-refractivity contribution in [3.8, 4) is 5.75 Å². The molecule has 1 amide bonds. The Bertz CT molecular complexity index is 651. The molecule has 2 aromatic rings. The molecule has 3 nitrogen and oxygen atoms in total. The topological polar surface area (TPSA) is 38.3 Å². The number of carbonyl (C=O) groups excluding carboxylic acids is 1. The minimum atomic E-state index is -0.337. The molecule has 0 saturated carbocycles. The first-order chi connectivity index (χ1) is 10.1. The van der Waals surface area contributed by atoms with E-state index in [-0.39, 0.29) is 17.5 Å². The number of hydrogen-bond acceptors (Lipinski definition) is 3. The molecule has 0 heterocycles. The van der Waals surface area contributed by atoms with Crippen molar-refractivity contribution in [2.75, 3.05) is 18.2 Å². The molecule has 0 aliphatic heterocycles. The molecule has 0 spiro atoms. The van der Waals surface area contributed by atoms with Gasteiger partial charge >= 0.3 is 0 Å². The van der Waals surface area contributed by atoms with Crippen LogP contribution in [0.5, 0.6) is 5.75 Å². The number of halogens is 2. The number of methoxy groups -OCH3 is 1. The molecular formula is C15H13ClFNO2S. The van der Waals surface area contributed by atoms with E-state index >= 15 is 0 Å². The highest BCUT2D eigenvalue weighted by molar-refractivity contribution is 8.00. The molecule has 0 saturated heterocycles. The highest BCUT2D eigenvalue weighted by Gasteiger charge is 2.10. The van der Waals surface area contributed by atoms with Gasteiger partial charge in [-0.1, -0.05) is 23.7 Å². The molecule has 1 N–H and O–H groups in total. The third-order valence-corrected chi connectivity index (χ3v) is 3.91. The largest absolute Gasteiger partial charge is 0.495 e. The zero-order chi connectivity index (χ0) is 15.2. The zero-order valence-electron chi connectivity index (χ0n) is 11.2. The van der Waals surface area contributed by atoms with Gasteiger partial charge in [0.2, 0.25) is 5.91 Å².